The van der Waals surface area contributed by atoms with Crippen LogP contribution in [0.1, 0.15) is 0 Å². The number of anilines is 1. The van der Waals surface area contributed by atoms with E-state index in [1.54, 1.807) is 6.20 Å². The van der Waals surface area contributed by atoms with Gasteiger partial charge in [-0.15, -0.1) is 0 Å². The second kappa shape index (κ2) is 2.78. The number of nitrogen functional groups attached to an aromatic ring is 1. The Morgan fingerprint density at radius 3 is 2.92 bits per heavy atom. The van der Waals surface area contributed by atoms with Crippen molar-refractivity contribution in [3.05, 3.63) is 35.0 Å². The summed E-state index contributed by atoms with van der Waals surface area (Å²) in [6, 6.07) is 3.70. The second-order valence-electron chi connectivity index (χ2n) is 2.60. The zero-order chi connectivity index (χ0) is 9.26. The van der Waals surface area contributed by atoms with Crippen LogP contribution in [0.15, 0.2) is 29.3 Å². The van der Waals surface area contributed by atoms with Crippen LogP contribution in [-0.2, 0) is 0 Å². The molecular weight excluding hydrogens is 168 g/mol. The molecule has 2 rings (SSSR count). The lowest BCUT2D eigenvalue weighted by molar-refractivity contribution is 1.08. The number of aromatic nitrogens is 3. The predicted molar refractivity (Wildman–Crippen MR) is 49.1 cm³/mol. The Hall–Kier alpha value is -2.04. The van der Waals surface area contributed by atoms with E-state index in [2.05, 4.69) is 15.0 Å². The minimum atomic E-state index is -0.437. The fourth-order valence-electron chi connectivity index (χ4n) is 1.12. The van der Waals surface area contributed by atoms with Gasteiger partial charge in [0.2, 0.25) is 0 Å². The van der Waals surface area contributed by atoms with Crippen LogP contribution >= 0.6 is 0 Å². The number of H-pyrrole nitrogens is 2. The van der Waals surface area contributed by atoms with E-state index in [0.717, 1.165) is 5.69 Å². The molecule has 0 spiro atoms. The Labute approximate surface area is 73.6 Å². The van der Waals surface area contributed by atoms with E-state index in [0.29, 0.717) is 11.4 Å². The van der Waals surface area contributed by atoms with Crippen molar-refractivity contribution >= 4 is 5.82 Å². The van der Waals surface area contributed by atoms with Crippen LogP contribution in [0.3, 0.4) is 0 Å². The van der Waals surface area contributed by atoms with E-state index in [9.17, 15) is 4.79 Å². The molecule has 5 heteroatoms. The molecule has 2 heterocycles. The summed E-state index contributed by atoms with van der Waals surface area (Å²) in [5.74, 6) is 0.322. The van der Waals surface area contributed by atoms with Crippen molar-refractivity contribution in [2.45, 2.75) is 0 Å². The fraction of sp³-hybridized carbons (Fsp3) is 0. The monoisotopic (exact) mass is 176 g/mol. The average Bonchev–Trinajstić information content (AvgIpc) is 2.56. The van der Waals surface area contributed by atoms with Crippen molar-refractivity contribution in [1.82, 2.24) is 15.0 Å². The molecule has 0 amide bonds. The van der Waals surface area contributed by atoms with Crippen LogP contribution in [-0.4, -0.2) is 15.0 Å². The molecule has 0 saturated heterocycles. The quantitative estimate of drug-likeness (QED) is 0.585. The number of aromatic amines is 2. The molecule has 0 aliphatic heterocycles. The van der Waals surface area contributed by atoms with E-state index in [1.807, 2.05) is 12.1 Å². The van der Waals surface area contributed by atoms with Crippen molar-refractivity contribution in [2.24, 2.45) is 0 Å². The highest BCUT2D eigenvalue weighted by atomic mass is 16.1. The molecule has 0 atom stereocenters. The molecule has 66 valence electrons. The van der Waals surface area contributed by atoms with Gasteiger partial charge in [0.25, 0.3) is 0 Å². The highest BCUT2D eigenvalue weighted by molar-refractivity contribution is 5.69. The summed E-state index contributed by atoms with van der Waals surface area (Å²) in [6.07, 6.45) is 3.22. The minimum absolute atomic E-state index is 0.322. The maximum absolute atomic E-state index is 10.8. The van der Waals surface area contributed by atoms with Crippen molar-refractivity contribution in [3.63, 3.8) is 0 Å². The van der Waals surface area contributed by atoms with Crippen LogP contribution in [0.4, 0.5) is 5.82 Å². The van der Waals surface area contributed by atoms with E-state index >= 15 is 0 Å². The lowest BCUT2D eigenvalue weighted by Gasteiger charge is -2.00. The summed E-state index contributed by atoms with van der Waals surface area (Å²) in [7, 11) is 0. The molecule has 5 nitrogen and oxygen atoms in total. The molecule has 0 saturated carbocycles. The van der Waals surface area contributed by atoms with Gasteiger partial charge in [-0.3, -0.25) is 4.98 Å². The Kier molecular flexibility index (Phi) is 1.63. The largest absolute Gasteiger partial charge is 0.385 e. The van der Waals surface area contributed by atoms with Gasteiger partial charge >= 0.3 is 5.69 Å². The normalized spacial score (nSPS) is 10.2. The SMILES string of the molecule is Nc1[nH]c(=O)ncc1-c1ccc[nH]1. The minimum Gasteiger partial charge on any atom is -0.385 e. The fourth-order valence-corrected chi connectivity index (χ4v) is 1.12. The summed E-state index contributed by atoms with van der Waals surface area (Å²) in [6.45, 7) is 0. The number of nitrogens with two attached hydrogens (primary N) is 1. The van der Waals surface area contributed by atoms with Crippen molar-refractivity contribution in [1.29, 1.82) is 0 Å². The van der Waals surface area contributed by atoms with Gasteiger partial charge in [0.1, 0.15) is 5.82 Å². The Morgan fingerprint density at radius 1 is 1.46 bits per heavy atom. The highest BCUT2D eigenvalue weighted by Gasteiger charge is 2.03. The summed E-state index contributed by atoms with van der Waals surface area (Å²) in [4.78, 5) is 19.7. The third-order valence-electron chi connectivity index (χ3n) is 1.73. The zero-order valence-corrected chi connectivity index (χ0v) is 6.74. The van der Waals surface area contributed by atoms with Crippen LogP contribution in [0.2, 0.25) is 0 Å². The Morgan fingerprint density at radius 2 is 2.31 bits per heavy atom. The highest BCUT2D eigenvalue weighted by Crippen LogP contribution is 2.19. The Bertz CT molecular complexity index is 457. The van der Waals surface area contributed by atoms with E-state index < -0.39 is 5.69 Å². The van der Waals surface area contributed by atoms with Crippen molar-refractivity contribution in [3.8, 4) is 11.3 Å². The van der Waals surface area contributed by atoms with Gasteiger partial charge in [0.15, 0.2) is 0 Å². The summed E-state index contributed by atoms with van der Waals surface area (Å²) in [5.41, 5.74) is 6.69. The molecule has 13 heavy (non-hydrogen) atoms. The average molecular weight is 176 g/mol. The van der Waals surface area contributed by atoms with Gasteiger partial charge in [-0.1, -0.05) is 0 Å². The predicted octanol–water partition coefficient (Wildman–Crippen LogP) is 0.347. The van der Waals surface area contributed by atoms with Gasteiger partial charge in [-0.25, -0.2) is 9.78 Å². The molecule has 0 bridgehead atoms. The molecule has 2 aromatic rings. The summed E-state index contributed by atoms with van der Waals surface area (Å²) < 4.78 is 0. The van der Waals surface area contributed by atoms with Crippen molar-refractivity contribution < 1.29 is 0 Å². The van der Waals surface area contributed by atoms with Crippen LogP contribution < -0.4 is 11.4 Å². The molecule has 4 N–H and O–H groups in total. The summed E-state index contributed by atoms with van der Waals surface area (Å²) >= 11 is 0. The van der Waals surface area contributed by atoms with E-state index in [4.69, 9.17) is 5.73 Å². The van der Waals surface area contributed by atoms with Gasteiger partial charge < -0.3 is 10.7 Å². The third kappa shape index (κ3) is 1.31. The lowest BCUT2D eigenvalue weighted by Crippen LogP contribution is -2.12. The molecule has 0 fully saturated rings. The molecule has 0 aliphatic rings. The number of hydrogen-bond acceptors (Lipinski definition) is 3. The first-order valence-corrected chi connectivity index (χ1v) is 3.76. The zero-order valence-electron chi connectivity index (χ0n) is 6.74. The molecule has 0 aliphatic carbocycles. The van der Waals surface area contributed by atoms with Crippen LogP contribution in [0, 0.1) is 0 Å². The topological polar surface area (TPSA) is 87.6 Å². The van der Waals surface area contributed by atoms with Crippen molar-refractivity contribution in [2.75, 3.05) is 5.73 Å². The molecule has 0 radical (unpaired) electrons. The molecule has 2 aromatic heterocycles. The first kappa shape index (κ1) is 7.60. The maximum atomic E-state index is 10.8. The number of nitrogens with one attached hydrogen (secondary N) is 2. The third-order valence-corrected chi connectivity index (χ3v) is 1.73. The van der Waals surface area contributed by atoms with Crippen LogP contribution in [0.25, 0.3) is 11.3 Å². The second-order valence-corrected chi connectivity index (χ2v) is 2.60. The number of nitrogens with zero attached hydrogens (tertiary/aromatic N) is 1. The Balaban J connectivity index is 2.60. The molecular formula is C8H8N4O. The van der Waals surface area contributed by atoms with E-state index in [-0.39, 0.29) is 0 Å². The number of hydrogen-bond donors (Lipinski definition) is 3. The smallest absolute Gasteiger partial charge is 0.346 e. The van der Waals surface area contributed by atoms with Gasteiger partial charge in [0, 0.05) is 12.4 Å². The lowest BCUT2D eigenvalue weighted by atomic mass is 10.2. The maximum Gasteiger partial charge on any atom is 0.346 e. The first-order chi connectivity index (χ1) is 6.27. The first-order valence-electron chi connectivity index (χ1n) is 3.76. The van der Waals surface area contributed by atoms with Crippen LogP contribution in [0.5, 0.6) is 0 Å². The molecule has 0 aromatic carbocycles. The molecule has 0 unspecified atom stereocenters. The standard InChI is InChI=1S/C8H8N4O/c9-7-5(4-11-8(13)12-7)6-2-1-3-10-6/h1-4,10H,(H3,9,11,12,13). The van der Waals surface area contributed by atoms with E-state index in [1.165, 1.54) is 6.20 Å². The summed E-state index contributed by atoms with van der Waals surface area (Å²) in [5, 5.41) is 0. The number of rotatable bonds is 1. The van der Waals surface area contributed by atoms with Gasteiger partial charge in [-0.2, -0.15) is 0 Å². The van der Waals surface area contributed by atoms with Gasteiger partial charge in [0.05, 0.1) is 11.3 Å². The van der Waals surface area contributed by atoms with Gasteiger partial charge in [-0.05, 0) is 12.1 Å².